The van der Waals surface area contributed by atoms with E-state index < -0.39 is 6.04 Å². The summed E-state index contributed by atoms with van der Waals surface area (Å²) >= 11 is 0. The van der Waals surface area contributed by atoms with Crippen LogP contribution in [0.2, 0.25) is 0 Å². The van der Waals surface area contributed by atoms with Crippen LogP contribution in [0.3, 0.4) is 0 Å². The van der Waals surface area contributed by atoms with Crippen molar-refractivity contribution in [2.45, 2.75) is 45.6 Å². The molecule has 0 bridgehead atoms. The normalized spacial score (nSPS) is 13.4. The van der Waals surface area contributed by atoms with Gasteiger partial charge < -0.3 is 21.0 Å². The van der Waals surface area contributed by atoms with Gasteiger partial charge in [-0.05, 0) is 12.8 Å². The number of ether oxygens (including phenoxy) is 1. The molecular formula is C11H23N3O3. The minimum atomic E-state index is -0.399. The second-order valence-corrected chi connectivity index (χ2v) is 3.80. The lowest BCUT2D eigenvalue weighted by Gasteiger charge is -2.16. The number of hydrogen-bond acceptors (Lipinski definition) is 4. The summed E-state index contributed by atoms with van der Waals surface area (Å²) < 4.78 is 5.21. The number of amides is 1. The predicted molar refractivity (Wildman–Crippen MR) is 66.0 cm³/mol. The van der Waals surface area contributed by atoms with Crippen LogP contribution in [0.4, 0.5) is 0 Å². The van der Waals surface area contributed by atoms with Crippen LogP contribution in [0.15, 0.2) is 5.16 Å². The molecule has 6 heteroatoms. The van der Waals surface area contributed by atoms with Crippen LogP contribution in [-0.4, -0.2) is 36.2 Å². The lowest BCUT2D eigenvalue weighted by molar-refractivity contribution is -0.122. The maximum Gasteiger partial charge on any atom is 0.222 e. The third-order valence-corrected chi connectivity index (χ3v) is 2.21. The molecule has 0 aliphatic heterocycles. The molecule has 6 nitrogen and oxygen atoms in total. The number of nitrogens with two attached hydrogens (primary N) is 1. The van der Waals surface area contributed by atoms with E-state index in [1.54, 1.807) is 0 Å². The summed E-state index contributed by atoms with van der Waals surface area (Å²) in [5, 5.41) is 14.2. The smallest absolute Gasteiger partial charge is 0.222 e. The average molecular weight is 245 g/mol. The second kappa shape index (κ2) is 9.89. The first kappa shape index (κ1) is 15.7. The quantitative estimate of drug-likeness (QED) is 0.184. The number of oxime groups is 1. The second-order valence-electron chi connectivity index (χ2n) is 3.80. The van der Waals surface area contributed by atoms with E-state index in [0.29, 0.717) is 26.1 Å². The van der Waals surface area contributed by atoms with E-state index in [4.69, 9.17) is 15.7 Å². The van der Waals surface area contributed by atoms with Gasteiger partial charge in [-0.2, -0.15) is 0 Å². The molecule has 0 saturated heterocycles. The fraction of sp³-hybridized carbons (Fsp3) is 0.818. The highest BCUT2D eigenvalue weighted by molar-refractivity contribution is 5.89. The Morgan fingerprint density at radius 1 is 1.41 bits per heavy atom. The minimum absolute atomic E-state index is 0.0367. The Hall–Kier alpha value is -1.30. The van der Waals surface area contributed by atoms with E-state index >= 15 is 0 Å². The summed E-state index contributed by atoms with van der Waals surface area (Å²) in [7, 11) is 0. The zero-order chi connectivity index (χ0) is 13.1. The van der Waals surface area contributed by atoms with Crippen molar-refractivity contribution in [3.05, 3.63) is 0 Å². The summed E-state index contributed by atoms with van der Waals surface area (Å²) in [5.41, 5.74) is 5.48. The minimum Gasteiger partial charge on any atom is -0.409 e. The highest BCUT2D eigenvalue weighted by atomic mass is 16.5. The van der Waals surface area contributed by atoms with Gasteiger partial charge in [-0.15, -0.1) is 0 Å². The molecule has 0 aromatic rings. The molecule has 0 heterocycles. The monoisotopic (exact) mass is 245 g/mol. The molecule has 17 heavy (non-hydrogen) atoms. The summed E-state index contributed by atoms with van der Waals surface area (Å²) in [6.45, 7) is 5.03. The molecule has 100 valence electrons. The van der Waals surface area contributed by atoms with Gasteiger partial charge in [-0.25, -0.2) is 0 Å². The van der Waals surface area contributed by atoms with Gasteiger partial charge in [-0.1, -0.05) is 25.4 Å². The number of nitrogens with zero attached hydrogens (tertiary/aromatic N) is 1. The first-order chi connectivity index (χ1) is 8.15. The molecular weight excluding hydrogens is 222 g/mol. The molecule has 0 spiro atoms. The molecule has 0 aromatic heterocycles. The first-order valence-corrected chi connectivity index (χ1v) is 6.00. The van der Waals surface area contributed by atoms with Crippen LogP contribution in [0.5, 0.6) is 0 Å². The standard InChI is InChI=1S/C11H23N3O3/c1-3-5-9(11(12)14-16)13-10(15)6-8-17-7-4-2/h9,16H,3-8H2,1-2H3,(H2,12,14)(H,13,15). The Morgan fingerprint density at radius 2 is 2.12 bits per heavy atom. The van der Waals surface area contributed by atoms with Crippen LogP contribution in [-0.2, 0) is 9.53 Å². The highest BCUT2D eigenvalue weighted by Crippen LogP contribution is 1.98. The molecule has 0 fully saturated rings. The van der Waals surface area contributed by atoms with Gasteiger partial charge >= 0.3 is 0 Å². The highest BCUT2D eigenvalue weighted by Gasteiger charge is 2.15. The van der Waals surface area contributed by atoms with E-state index in [1.807, 2.05) is 13.8 Å². The maximum absolute atomic E-state index is 11.5. The number of amidine groups is 1. The predicted octanol–water partition coefficient (Wildman–Crippen LogP) is 0.834. The molecule has 1 amide bonds. The summed E-state index contributed by atoms with van der Waals surface area (Å²) in [4.78, 5) is 11.5. The largest absolute Gasteiger partial charge is 0.409 e. The molecule has 1 atom stereocenters. The van der Waals surface area contributed by atoms with Gasteiger partial charge in [0, 0.05) is 13.0 Å². The van der Waals surface area contributed by atoms with Crippen molar-refractivity contribution in [1.82, 2.24) is 5.32 Å². The van der Waals surface area contributed by atoms with Crippen LogP contribution in [0, 0.1) is 0 Å². The molecule has 4 N–H and O–H groups in total. The third-order valence-electron chi connectivity index (χ3n) is 2.21. The SMILES string of the molecule is CCCOCCC(=O)NC(CCC)C(N)=NO. The van der Waals surface area contributed by atoms with Gasteiger partial charge in [0.2, 0.25) is 5.91 Å². The van der Waals surface area contributed by atoms with Crippen LogP contribution < -0.4 is 11.1 Å². The number of carbonyl (C=O) groups is 1. The zero-order valence-corrected chi connectivity index (χ0v) is 10.6. The molecule has 0 rings (SSSR count). The van der Waals surface area contributed by atoms with Gasteiger partial charge in [0.05, 0.1) is 12.6 Å². The first-order valence-electron chi connectivity index (χ1n) is 6.00. The van der Waals surface area contributed by atoms with Crippen molar-refractivity contribution in [3.8, 4) is 0 Å². The Balaban J connectivity index is 3.95. The fourth-order valence-corrected chi connectivity index (χ4v) is 1.33. The molecule has 0 aliphatic rings. The van der Waals surface area contributed by atoms with E-state index in [1.165, 1.54) is 0 Å². The van der Waals surface area contributed by atoms with Crippen molar-refractivity contribution in [3.63, 3.8) is 0 Å². The molecule has 0 aromatic carbocycles. The van der Waals surface area contributed by atoms with Gasteiger partial charge in [0.15, 0.2) is 5.84 Å². The van der Waals surface area contributed by atoms with Crippen molar-refractivity contribution in [2.75, 3.05) is 13.2 Å². The number of rotatable bonds is 9. The lowest BCUT2D eigenvalue weighted by Crippen LogP contribution is -2.44. The molecule has 0 aliphatic carbocycles. The fourth-order valence-electron chi connectivity index (χ4n) is 1.33. The summed E-state index contributed by atoms with van der Waals surface area (Å²) in [6, 6.07) is -0.399. The van der Waals surface area contributed by atoms with Crippen LogP contribution >= 0.6 is 0 Å². The average Bonchev–Trinajstić information content (AvgIpc) is 2.33. The Labute approximate surface area is 102 Å². The van der Waals surface area contributed by atoms with E-state index in [-0.39, 0.29) is 11.7 Å². The van der Waals surface area contributed by atoms with Gasteiger partial charge in [0.1, 0.15) is 0 Å². The van der Waals surface area contributed by atoms with Crippen molar-refractivity contribution in [1.29, 1.82) is 0 Å². The van der Waals surface area contributed by atoms with Crippen LogP contribution in [0.1, 0.15) is 39.5 Å². The zero-order valence-electron chi connectivity index (χ0n) is 10.6. The van der Waals surface area contributed by atoms with Crippen molar-refractivity contribution >= 4 is 11.7 Å². The number of nitrogens with one attached hydrogen (secondary N) is 1. The van der Waals surface area contributed by atoms with E-state index in [0.717, 1.165) is 12.8 Å². The van der Waals surface area contributed by atoms with Gasteiger partial charge in [-0.3, -0.25) is 4.79 Å². The van der Waals surface area contributed by atoms with Crippen molar-refractivity contribution in [2.24, 2.45) is 10.9 Å². The molecule has 0 saturated carbocycles. The lowest BCUT2D eigenvalue weighted by atomic mass is 10.1. The Kier molecular flexibility index (Phi) is 9.14. The van der Waals surface area contributed by atoms with E-state index in [2.05, 4.69) is 10.5 Å². The maximum atomic E-state index is 11.5. The van der Waals surface area contributed by atoms with Crippen molar-refractivity contribution < 1.29 is 14.7 Å². The molecule has 1 unspecified atom stereocenters. The van der Waals surface area contributed by atoms with Crippen LogP contribution in [0.25, 0.3) is 0 Å². The summed E-state index contributed by atoms with van der Waals surface area (Å²) in [5.74, 6) is -0.110. The summed E-state index contributed by atoms with van der Waals surface area (Å²) in [6.07, 6.45) is 2.72. The Morgan fingerprint density at radius 3 is 2.65 bits per heavy atom. The third kappa shape index (κ3) is 7.57. The number of carbonyl (C=O) groups excluding carboxylic acids is 1. The molecule has 0 radical (unpaired) electrons. The Bertz CT molecular complexity index is 244. The van der Waals surface area contributed by atoms with Gasteiger partial charge in [0.25, 0.3) is 0 Å². The number of hydrogen-bond donors (Lipinski definition) is 3. The topological polar surface area (TPSA) is 96.9 Å². The van der Waals surface area contributed by atoms with E-state index in [9.17, 15) is 4.79 Å².